The molecule has 1 aromatic heterocycles. The highest BCUT2D eigenvalue weighted by molar-refractivity contribution is 7.12. The van der Waals surface area contributed by atoms with Crippen molar-refractivity contribution in [2.24, 2.45) is 0 Å². The van der Waals surface area contributed by atoms with Crippen molar-refractivity contribution < 1.29 is 9.59 Å². The lowest BCUT2D eigenvalue weighted by atomic mass is 10.1. The second-order valence-electron chi connectivity index (χ2n) is 5.01. The van der Waals surface area contributed by atoms with Gasteiger partial charge in [0.2, 0.25) is 0 Å². The predicted molar refractivity (Wildman–Crippen MR) is 83.9 cm³/mol. The number of hydrogen-bond acceptors (Lipinski definition) is 3. The molecule has 4 nitrogen and oxygen atoms in total. The van der Waals surface area contributed by atoms with Crippen molar-refractivity contribution in [1.82, 2.24) is 4.90 Å². The van der Waals surface area contributed by atoms with Gasteiger partial charge in [-0.05, 0) is 42.5 Å². The van der Waals surface area contributed by atoms with E-state index in [2.05, 4.69) is 5.32 Å². The third-order valence-corrected chi connectivity index (χ3v) is 4.37. The standard InChI is InChI=1S/C16H16N2O2S/c19-15(14-7-4-10-21-14)17-13-6-3-5-12(11-13)16(20)18-8-1-2-9-18/h3-7,10-11H,1-2,8-9H2,(H,17,19). The Hall–Kier alpha value is -2.14. The molecular formula is C16H16N2O2S. The number of carbonyl (C=O) groups excluding carboxylic acids is 2. The van der Waals surface area contributed by atoms with Crippen LogP contribution < -0.4 is 5.32 Å². The van der Waals surface area contributed by atoms with E-state index >= 15 is 0 Å². The number of carbonyl (C=O) groups is 2. The number of rotatable bonds is 3. The van der Waals surface area contributed by atoms with Crippen molar-refractivity contribution in [1.29, 1.82) is 0 Å². The first-order valence-electron chi connectivity index (χ1n) is 6.98. The summed E-state index contributed by atoms with van der Waals surface area (Å²) in [6, 6.07) is 10.7. The maximum Gasteiger partial charge on any atom is 0.265 e. The Kier molecular flexibility index (Phi) is 4.01. The number of amides is 2. The van der Waals surface area contributed by atoms with Gasteiger partial charge in [0.15, 0.2) is 0 Å². The Morgan fingerprint density at radius 2 is 1.90 bits per heavy atom. The summed E-state index contributed by atoms with van der Waals surface area (Å²) in [4.78, 5) is 26.9. The maximum atomic E-state index is 12.3. The van der Waals surface area contributed by atoms with Crippen LogP contribution in [0.2, 0.25) is 0 Å². The van der Waals surface area contributed by atoms with E-state index in [4.69, 9.17) is 0 Å². The first-order chi connectivity index (χ1) is 10.2. The van der Waals surface area contributed by atoms with Crippen LogP contribution in [0, 0.1) is 0 Å². The molecule has 21 heavy (non-hydrogen) atoms. The SMILES string of the molecule is O=C(Nc1cccc(C(=O)N2CCCC2)c1)c1cccs1. The number of anilines is 1. The summed E-state index contributed by atoms with van der Waals surface area (Å²) in [6.45, 7) is 1.65. The van der Waals surface area contributed by atoms with Crippen molar-refractivity contribution in [3.8, 4) is 0 Å². The molecule has 0 unspecified atom stereocenters. The van der Waals surface area contributed by atoms with Gasteiger partial charge in [-0.15, -0.1) is 11.3 Å². The number of thiophene rings is 1. The van der Waals surface area contributed by atoms with Crippen molar-refractivity contribution in [3.05, 3.63) is 52.2 Å². The molecule has 0 aliphatic carbocycles. The molecule has 0 saturated carbocycles. The molecule has 0 bridgehead atoms. The summed E-state index contributed by atoms with van der Waals surface area (Å²) in [7, 11) is 0. The van der Waals surface area contributed by atoms with Gasteiger partial charge < -0.3 is 10.2 Å². The van der Waals surface area contributed by atoms with Gasteiger partial charge in [-0.2, -0.15) is 0 Å². The molecule has 1 aliphatic rings. The molecule has 108 valence electrons. The van der Waals surface area contributed by atoms with Gasteiger partial charge in [-0.1, -0.05) is 12.1 Å². The fourth-order valence-electron chi connectivity index (χ4n) is 2.43. The van der Waals surface area contributed by atoms with E-state index in [1.54, 1.807) is 30.3 Å². The average Bonchev–Trinajstić information content (AvgIpc) is 3.20. The number of nitrogens with zero attached hydrogens (tertiary/aromatic N) is 1. The molecule has 3 rings (SSSR count). The van der Waals surface area contributed by atoms with Gasteiger partial charge in [-0.3, -0.25) is 9.59 Å². The lowest BCUT2D eigenvalue weighted by Crippen LogP contribution is -2.27. The van der Waals surface area contributed by atoms with E-state index in [0.29, 0.717) is 16.1 Å². The van der Waals surface area contributed by atoms with Crippen LogP contribution in [0.15, 0.2) is 41.8 Å². The van der Waals surface area contributed by atoms with Crippen molar-refractivity contribution in [3.63, 3.8) is 0 Å². The molecule has 2 heterocycles. The topological polar surface area (TPSA) is 49.4 Å². The van der Waals surface area contributed by atoms with Crippen LogP contribution >= 0.6 is 11.3 Å². The van der Waals surface area contributed by atoms with Gasteiger partial charge in [0.25, 0.3) is 11.8 Å². The zero-order valence-corrected chi connectivity index (χ0v) is 12.4. The highest BCUT2D eigenvalue weighted by Crippen LogP contribution is 2.18. The minimum Gasteiger partial charge on any atom is -0.339 e. The fraction of sp³-hybridized carbons (Fsp3) is 0.250. The number of hydrogen-bond donors (Lipinski definition) is 1. The summed E-state index contributed by atoms with van der Waals surface area (Å²) < 4.78 is 0. The highest BCUT2D eigenvalue weighted by Gasteiger charge is 2.19. The van der Waals surface area contributed by atoms with Crippen molar-refractivity contribution in [2.75, 3.05) is 18.4 Å². The van der Waals surface area contributed by atoms with Crippen molar-refractivity contribution >= 4 is 28.8 Å². The molecule has 1 N–H and O–H groups in total. The Bertz CT molecular complexity index is 646. The normalized spacial score (nSPS) is 14.2. The maximum absolute atomic E-state index is 12.3. The second kappa shape index (κ2) is 6.10. The van der Waals surface area contributed by atoms with Crippen LogP contribution in [0.5, 0.6) is 0 Å². The van der Waals surface area contributed by atoms with Gasteiger partial charge >= 0.3 is 0 Å². The van der Waals surface area contributed by atoms with Gasteiger partial charge in [-0.25, -0.2) is 0 Å². The zero-order valence-electron chi connectivity index (χ0n) is 11.5. The highest BCUT2D eigenvalue weighted by atomic mass is 32.1. The Balaban J connectivity index is 1.74. The van der Waals surface area contributed by atoms with Crippen LogP contribution in [0.25, 0.3) is 0 Å². The Labute approximate surface area is 127 Å². The molecule has 1 saturated heterocycles. The summed E-state index contributed by atoms with van der Waals surface area (Å²) in [6.07, 6.45) is 2.14. The molecule has 1 aliphatic heterocycles. The summed E-state index contributed by atoms with van der Waals surface area (Å²) >= 11 is 1.39. The Morgan fingerprint density at radius 1 is 1.10 bits per heavy atom. The van der Waals surface area contributed by atoms with Crippen LogP contribution in [-0.4, -0.2) is 29.8 Å². The third kappa shape index (κ3) is 3.13. The lowest BCUT2D eigenvalue weighted by Gasteiger charge is -2.15. The van der Waals surface area contributed by atoms with Gasteiger partial charge in [0.05, 0.1) is 4.88 Å². The zero-order chi connectivity index (χ0) is 14.7. The fourth-order valence-corrected chi connectivity index (χ4v) is 3.05. The minimum atomic E-state index is -0.143. The van der Waals surface area contributed by atoms with Crippen LogP contribution in [0.4, 0.5) is 5.69 Å². The van der Waals surface area contributed by atoms with Gasteiger partial charge in [0.1, 0.15) is 0 Å². The van der Waals surface area contributed by atoms with E-state index in [1.807, 2.05) is 16.3 Å². The van der Waals surface area contributed by atoms with E-state index in [0.717, 1.165) is 25.9 Å². The number of likely N-dealkylation sites (tertiary alicyclic amines) is 1. The lowest BCUT2D eigenvalue weighted by molar-refractivity contribution is 0.0792. The van der Waals surface area contributed by atoms with Crippen LogP contribution in [0.3, 0.4) is 0 Å². The first-order valence-corrected chi connectivity index (χ1v) is 7.86. The largest absolute Gasteiger partial charge is 0.339 e. The monoisotopic (exact) mass is 300 g/mol. The molecule has 5 heteroatoms. The first kappa shape index (κ1) is 13.8. The molecular weight excluding hydrogens is 284 g/mol. The molecule has 0 spiro atoms. The third-order valence-electron chi connectivity index (χ3n) is 3.51. The predicted octanol–water partition coefficient (Wildman–Crippen LogP) is 3.24. The molecule has 1 aromatic carbocycles. The van der Waals surface area contributed by atoms with E-state index in [9.17, 15) is 9.59 Å². The smallest absolute Gasteiger partial charge is 0.265 e. The molecule has 2 aromatic rings. The minimum absolute atomic E-state index is 0.0414. The second-order valence-corrected chi connectivity index (χ2v) is 5.96. The summed E-state index contributed by atoms with van der Waals surface area (Å²) in [5.41, 5.74) is 1.28. The van der Waals surface area contributed by atoms with E-state index in [1.165, 1.54) is 11.3 Å². The molecule has 0 radical (unpaired) electrons. The summed E-state index contributed by atoms with van der Waals surface area (Å²) in [5, 5.41) is 4.69. The Morgan fingerprint density at radius 3 is 2.62 bits per heavy atom. The number of benzene rings is 1. The van der Waals surface area contributed by atoms with E-state index < -0.39 is 0 Å². The quantitative estimate of drug-likeness (QED) is 0.946. The van der Waals surface area contributed by atoms with Crippen LogP contribution in [0.1, 0.15) is 32.9 Å². The van der Waals surface area contributed by atoms with E-state index in [-0.39, 0.29) is 11.8 Å². The average molecular weight is 300 g/mol. The molecule has 1 fully saturated rings. The van der Waals surface area contributed by atoms with Crippen molar-refractivity contribution in [2.45, 2.75) is 12.8 Å². The number of nitrogens with one attached hydrogen (secondary N) is 1. The molecule has 0 atom stereocenters. The van der Waals surface area contributed by atoms with Crippen LogP contribution in [-0.2, 0) is 0 Å². The summed E-state index contributed by atoms with van der Waals surface area (Å²) in [5.74, 6) is -0.101. The molecule has 2 amide bonds. The van der Waals surface area contributed by atoms with Gasteiger partial charge in [0, 0.05) is 24.3 Å².